The number of anilines is 2. The highest BCUT2D eigenvalue weighted by molar-refractivity contribution is 5.98. The number of aliphatic hydroxyl groups is 2. The number of hydrogen-bond acceptors (Lipinski definition) is 10. The van der Waals surface area contributed by atoms with Gasteiger partial charge in [0.15, 0.2) is 0 Å². The predicted molar refractivity (Wildman–Crippen MR) is 196 cm³/mol. The van der Waals surface area contributed by atoms with E-state index in [-0.39, 0.29) is 29.6 Å². The minimum atomic E-state index is -0.451. The van der Waals surface area contributed by atoms with Crippen molar-refractivity contribution < 1.29 is 29.3 Å². The fourth-order valence-corrected chi connectivity index (χ4v) is 5.95. The molecule has 12 heteroatoms. The lowest BCUT2D eigenvalue weighted by Gasteiger charge is -2.29. The average molecular weight is 697 g/mol. The molecule has 278 valence electrons. The summed E-state index contributed by atoms with van der Waals surface area (Å²) in [6, 6.07) is 4.01. The fourth-order valence-electron chi connectivity index (χ4n) is 5.95. The summed E-state index contributed by atoms with van der Waals surface area (Å²) in [5, 5.41) is 25.1. The molecule has 4 N–H and O–H groups in total. The molecule has 1 saturated carbocycles. The molecule has 2 aromatic heterocycles. The van der Waals surface area contributed by atoms with Crippen LogP contribution in [0.2, 0.25) is 0 Å². The number of hydrogen-bond donors (Lipinski definition) is 4. The molecule has 4 unspecified atom stereocenters. The Kier molecular flexibility index (Phi) is 14.4. The molecule has 4 heterocycles. The number of pyridine rings is 2. The van der Waals surface area contributed by atoms with E-state index in [1.165, 1.54) is 0 Å². The number of nitrogens with zero attached hydrogens (tertiary/aromatic N) is 4. The summed E-state index contributed by atoms with van der Waals surface area (Å²) in [6.07, 6.45) is 1.31. The highest BCUT2D eigenvalue weighted by Crippen LogP contribution is 2.42. The van der Waals surface area contributed by atoms with Crippen LogP contribution in [0.4, 0.5) is 11.6 Å². The van der Waals surface area contributed by atoms with E-state index in [0.29, 0.717) is 37.8 Å². The summed E-state index contributed by atoms with van der Waals surface area (Å²) in [6.45, 7) is 22.5. The molecule has 2 amide bonds. The number of morpholine rings is 2. The molecule has 50 heavy (non-hydrogen) atoms. The van der Waals surface area contributed by atoms with Crippen LogP contribution in [0.1, 0.15) is 109 Å². The SMILES string of the molecule is Cc1cc(N2CCOCC2)nc(C(C)C)c1C(=O)NCC(C)C(C)O.Cc1cc(N2CCOCC2)nc(C2CC2)c1C(=O)NCC(C)C(C)O. The molecule has 3 aliphatic rings. The first-order chi connectivity index (χ1) is 23.8. The van der Waals surface area contributed by atoms with Gasteiger partial charge in [-0.3, -0.25) is 9.59 Å². The fraction of sp³-hybridized carbons (Fsp3) is 0.684. The van der Waals surface area contributed by atoms with Crippen molar-refractivity contribution in [2.45, 2.75) is 92.3 Å². The maximum atomic E-state index is 12.8. The molecule has 0 spiro atoms. The van der Waals surface area contributed by atoms with Crippen LogP contribution < -0.4 is 20.4 Å². The standard InChI is InChI=1S/C19H29N3O3.C19H31N3O3/c1-12-10-16(22-6-8-25-9-7-22)21-18(15-4-5-15)17(12)19(24)20-11-13(2)14(3)23;1-12(2)18-17(19(24)20-11-14(4)15(5)23)13(3)10-16(21-18)22-6-8-25-9-7-22/h10,13-15,23H,4-9,11H2,1-3H3,(H,20,24);10,12,14-15,23H,6-9,11H2,1-5H3,(H,20,24). The van der Waals surface area contributed by atoms with E-state index >= 15 is 0 Å². The van der Waals surface area contributed by atoms with Crippen LogP contribution in [-0.2, 0) is 9.47 Å². The molecule has 2 aromatic rings. The van der Waals surface area contributed by atoms with Crippen LogP contribution in [0.25, 0.3) is 0 Å². The van der Waals surface area contributed by atoms with Gasteiger partial charge in [-0.1, -0.05) is 27.7 Å². The number of aryl methyl sites for hydroxylation is 2. The first kappa shape index (κ1) is 39.5. The Bertz CT molecular complexity index is 1330. The Labute approximate surface area is 298 Å². The monoisotopic (exact) mass is 696 g/mol. The molecule has 2 saturated heterocycles. The summed E-state index contributed by atoms with van der Waals surface area (Å²) in [5.41, 5.74) is 5.04. The van der Waals surface area contributed by atoms with Gasteiger partial charge in [0.1, 0.15) is 11.6 Å². The minimum absolute atomic E-state index is 0.00679. The van der Waals surface area contributed by atoms with Gasteiger partial charge in [0.25, 0.3) is 11.8 Å². The largest absolute Gasteiger partial charge is 0.393 e. The normalized spacial score (nSPS) is 18.9. The molecule has 0 bridgehead atoms. The number of carbonyl (C=O) groups is 2. The zero-order chi connectivity index (χ0) is 36.5. The van der Waals surface area contributed by atoms with Crippen molar-refractivity contribution in [3.63, 3.8) is 0 Å². The lowest BCUT2D eigenvalue weighted by molar-refractivity contribution is 0.0905. The summed E-state index contributed by atoms with van der Waals surface area (Å²) in [7, 11) is 0. The number of aromatic nitrogens is 2. The van der Waals surface area contributed by atoms with Gasteiger partial charge < -0.3 is 40.1 Å². The molecular weight excluding hydrogens is 636 g/mol. The number of ether oxygens (including phenoxy) is 2. The van der Waals surface area contributed by atoms with Gasteiger partial charge in [0, 0.05) is 45.2 Å². The molecule has 12 nitrogen and oxygen atoms in total. The van der Waals surface area contributed by atoms with E-state index in [1.807, 2.05) is 39.8 Å². The summed E-state index contributed by atoms with van der Waals surface area (Å²) < 4.78 is 10.8. The van der Waals surface area contributed by atoms with Gasteiger partial charge in [-0.15, -0.1) is 0 Å². The Hall–Kier alpha value is -3.32. The summed E-state index contributed by atoms with van der Waals surface area (Å²) in [4.78, 5) is 39.6. The van der Waals surface area contributed by atoms with Crippen molar-refractivity contribution in [2.24, 2.45) is 11.8 Å². The lowest BCUT2D eigenvalue weighted by atomic mass is 9.98. The average Bonchev–Trinajstić information content (AvgIpc) is 3.95. The number of amides is 2. The number of nitrogens with one attached hydrogen (secondary N) is 2. The first-order valence-electron chi connectivity index (χ1n) is 18.4. The zero-order valence-electron chi connectivity index (χ0n) is 31.4. The van der Waals surface area contributed by atoms with Gasteiger partial charge >= 0.3 is 0 Å². The van der Waals surface area contributed by atoms with E-state index in [2.05, 4.69) is 34.3 Å². The van der Waals surface area contributed by atoms with Gasteiger partial charge in [-0.05, 0) is 81.5 Å². The number of rotatable bonds is 12. The van der Waals surface area contributed by atoms with Crippen LogP contribution in [0.15, 0.2) is 12.1 Å². The third-order valence-electron chi connectivity index (χ3n) is 9.91. The second-order valence-electron chi connectivity index (χ2n) is 14.6. The molecule has 0 aromatic carbocycles. The molecule has 2 aliphatic heterocycles. The van der Waals surface area contributed by atoms with E-state index in [0.717, 1.165) is 91.9 Å². The van der Waals surface area contributed by atoms with Crippen molar-refractivity contribution in [2.75, 3.05) is 75.5 Å². The molecular formula is C38H60N6O6. The first-order valence-corrected chi connectivity index (χ1v) is 18.4. The van der Waals surface area contributed by atoms with Crippen molar-refractivity contribution in [1.29, 1.82) is 0 Å². The van der Waals surface area contributed by atoms with Crippen LogP contribution in [0, 0.1) is 25.7 Å². The van der Waals surface area contributed by atoms with Crippen LogP contribution in [0.3, 0.4) is 0 Å². The van der Waals surface area contributed by atoms with Crippen molar-refractivity contribution in [3.05, 3.63) is 45.8 Å². The van der Waals surface area contributed by atoms with E-state index < -0.39 is 12.2 Å². The molecule has 1 aliphatic carbocycles. The number of carbonyl (C=O) groups excluding carboxylic acids is 2. The number of aliphatic hydroxyl groups excluding tert-OH is 2. The quantitative estimate of drug-likeness (QED) is 0.257. The van der Waals surface area contributed by atoms with Crippen LogP contribution in [0.5, 0.6) is 0 Å². The third-order valence-corrected chi connectivity index (χ3v) is 9.91. The van der Waals surface area contributed by atoms with Gasteiger partial charge in [-0.2, -0.15) is 0 Å². The maximum Gasteiger partial charge on any atom is 0.253 e. The minimum Gasteiger partial charge on any atom is -0.393 e. The smallest absolute Gasteiger partial charge is 0.253 e. The predicted octanol–water partition coefficient (Wildman–Crippen LogP) is 3.95. The van der Waals surface area contributed by atoms with Gasteiger partial charge in [-0.25, -0.2) is 9.97 Å². The van der Waals surface area contributed by atoms with Gasteiger partial charge in [0.2, 0.25) is 0 Å². The molecule has 5 rings (SSSR count). The van der Waals surface area contributed by atoms with E-state index in [1.54, 1.807) is 13.8 Å². The molecule has 4 atom stereocenters. The van der Waals surface area contributed by atoms with Gasteiger partial charge in [0.05, 0.1) is 61.2 Å². The van der Waals surface area contributed by atoms with E-state index in [4.69, 9.17) is 19.4 Å². The second kappa shape index (κ2) is 18.3. The van der Waals surface area contributed by atoms with Crippen LogP contribution >= 0.6 is 0 Å². The Balaban J connectivity index is 0.000000225. The Morgan fingerprint density at radius 1 is 0.740 bits per heavy atom. The Morgan fingerprint density at radius 3 is 1.58 bits per heavy atom. The highest BCUT2D eigenvalue weighted by atomic mass is 16.5. The molecule has 0 radical (unpaired) electrons. The second-order valence-corrected chi connectivity index (χ2v) is 14.6. The zero-order valence-corrected chi connectivity index (χ0v) is 31.4. The topological polar surface area (TPSA) is 149 Å². The summed E-state index contributed by atoms with van der Waals surface area (Å²) >= 11 is 0. The molecule has 3 fully saturated rings. The Morgan fingerprint density at radius 2 is 1.16 bits per heavy atom. The van der Waals surface area contributed by atoms with Crippen LogP contribution in [-0.4, -0.2) is 110 Å². The maximum absolute atomic E-state index is 12.8. The lowest BCUT2D eigenvalue weighted by Crippen LogP contribution is -2.37. The highest BCUT2D eigenvalue weighted by Gasteiger charge is 2.32. The third kappa shape index (κ3) is 10.6. The summed E-state index contributed by atoms with van der Waals surface area (Å²) in [5.74, 6) is 2.25. The van der Waals surface area contributed by atoms with Crippen molar-refractivity contribution in [3.8, 4) is 0 Å². The van der Waals surface area contributed by atoms with Crippen molar-refractivity contribution >= 4 is 23.5 Å². The van der Waals surface area contributed by atoms with Crippen molar-refractivity contribution in [1.82, 2.24) is 20.6 Å². The van der Waals surface area contributed by atoms with E-state index in [9.17, 15) is 19.8 Å².